The molecule has 0 unspecified atom stereocenters. The topological polar surface area (TPSA) is 54.0 Å². The number of carbonyl (C=O) groups excluding carboxylic acids is 1. The van der Waals surface area contributed by atoms with E-state index in [1.807, 2.05) is 30.3 Å². The van der Waals surface area contributed by atoms with Gasteiger partial charge in [-0.25, -0.2) is 0 Å². The summed E-state index contributed by atoms with van der Waals surface area (Å²) in [6, 6.07) is 9.86. The lowest BCUT2D eigenvalue weighted by atomic mass is 10.1. The molecular weight excluding hydrogens is 248 g/mol. The summed E-state index contributed by atoms with van der Waals surface area (Å²) in [4.78, 5) is 11.1. The quantitative estimate of drug-likeness (QED) is 0.766. The average molecular weight is 264 g/mol. The van der Waals surface area contributed by atoms with Gasteiger partial charge < -0.3 is 18.9 Å². The van der Waals surface area contributed by atoms with E-state index in [0.29, 0.717) is 13.2 Å². The van der Waals surface area contributed by atoms with Gasteiger partial charge in [-0.05, 0) is 5.56 Å². The molecule has 2 aliphatic heterocycles. The predicted molar refractivity (Wildman–Crippen MR) is 65.2 cm³/mol. The van der Waals surface area contributed by atoms with Gasteiger partial charge >= 0.3 is 5.97 Å². The molecule has 2 saturated heterocycles. The third-order valence-electron chi connectivity index (χ3n) is 3.28. The smallest absolute Gasteiger partial charge is 0.303 e. The Kier molecular flexibility index (Phi) is 3.50. The van der Waals surface area contributed by atoms with E-state index in [2.05, 4.69) is 0 Å². The zero-order chi connectivity index (χ0) is 13.2. The van der Waals surface area contributed by atoms with Crippen molar-refractivity contribution in [3.05, 3.63) is 35.9 Å². The average Bonchev–Trinajstić information content (AvgIpc) is 2.99. The maximum Gasteiger partial charge on any atom is 0.303 e. The minimum absolute atomic E-state index is 0.155. The molecule has 1 aromatic carbocycles. The van der Waals surface area contributed by atoms with Crippen molar-refractivity contribution in [3.8, 4) is 0 Å². The van der Waals surface area contributed by atoms with Crippen molar-refractivity contribution >= 4 is 5.97 Å². The molecule has 5 nitrogen and oxygen atoms in total. The van der Waals surface area contributed by atoms with Gasteiger partial charge in [-0.15, -0.1) is 0 Å². The van der Waals surface area contributed by atoms with Gasteiger partial charge in [-0.2, -0.15) is 0 Å². The number of fused-ring (bicyclic) bond motifs is 2. The van der Waals surface area contributed by atoms with Gasteiger partial charge in [-0.1, -0.05) is 30.3 Å². The molecule has 0 saturated carbocycles. The van der Waals surface area contributed by atoms with E-state index in [4.69, 9.17) is 18.9 Å². The van der Waals surface area contributed by atoms with Gasteiger partial charge in [0.15, 0.2) is 12.4 Å². The summed E-state index contributed by atoms with van der Waals surface area (Å²) < 4.78 is 22.0. The normalized spacial score (nSPS) is 32.5. The molecule has 0 amide bonds. The van der Waals surface area contributed by atoms with Crippen LogP contribution in [0.4, 0.5) is 0 Å². The lowest BCUT2D eigenvalue weighted by Crippen LogP contribution is -2.44. The first-order valence-electron chi connectivity index (χ1n) is 6.34. The molecule has 1 aromatic rings. The van der Waals surface area contributed by atoms with Crippen molar-refractivity contribution in [2.75, 3.05) is 6.61 Å². The molecule has 0 aromatic heterocycles. The molecular formula is C14H16O5. The Morgan fingerprint density at radius 1 is 1.32 bits per heavy atom. The Morgan fingerprint density at radius 3 is 2.84 bits per heavy atom. The van der Waals surface area contributed by atoms with Crippen LogP contribution in [0, 0.1) is 0 Å². The third kappa shape index (κ3) is 2.63. The molecule has 2 heterocycles. The highest BCUT2D eigenvalue weighted by atomic mass is 16.8. The van der Waals surface area contributed by atoms with Crippen LogP contribution in [0.15, 0.2) is 30.3 Å². The van der Waals surface area contributed by atoms with Gasteiger partial charge in [0, 0.05) is 6.92 Å². The second-order valence-corrected chi connectivity index (χ2v) is 4.71. The van der Waals surface area contributed by atoms with Crippen molar-refractivity contribution in [3.63, 3.8) is 0 Å². The summed E-state index contributed by atoms with van der Waals surface area (Å²) in [6.45, 7) is 2.33. The van der Waals surface area contributed by atoms with E-state index >= 15 is 0 Å². The maximum absolute atomic E-state index is 11.1. The number of hydrogen-bond acceptors (Lipinski definition) is 5. The van der Waals surface area contributed by atoms with Crippen LogP contribution in [0.1, 0.15) is 12.5 Å². The van der Waals surface area contributed by atoms with Crippen molar-refractivity contribution in [1.29, 1.82) is 0 Å². The zero-order valence-corrected chi connectivity index (χ0v) is 10.7. The monoisotopic (exact) mass is 264 g/mol. The maximum atomic E-state index is 11.1. The molecule has 3 rings (SSSR count). The molecule has 2 bridgehead atoms. The Hall–Kier alpha value is -1.43. The van der Waals surface area contributed by atoms with Crippen LogP contribution in [0.3, 0.4) is 0 Å². The summed E-state index contributed by atoms with van der Waals surface area (Å²) in [5.41, 5.74) is 1.08. The first-order valence-corrected chi connectivity index (χ1v) is 6.34. The highest BCUT2D eigenvalue weighted by Crippen LogP contribution is 2.33. The molecule has 0 N–H and O–H groups in total. The lowest BCUT2D eigenvalue weighted by molar-refractivity contribution is -0.176. The van der Waals surface area contributed by atoms with Gasteiger partial charge in [0.25, 0.3) is 0 Å². The van der Waals surface area contributed by atoms with Gasteiger partial charge in [0.1, 0.15) is 12.2 Å². The van der Waals surface area contributed by atoms with E-state index < -0.39 is 12.4 Å². The fourth-order valence-electron chi connectivity index (χ4n) is 2.43. The van der Waals surface area contributed by atoms with E-state index in [1.54, 1.807) is 0 Å². The highest BCUT2D eigenvalue weighted by Gasteiger charge is 2.53. The van der Waals surface area contributed by atoms with Crippen molar-refractivity contribution in [2.24, 2.45) is 0 Å². The van der Waals surface area contributed by atoms with Crippen LogP contribution in [-0.2, 0) is 30.3 Å². The second kappa shape index (κ2) is 5.28. The Balaban J connectivity index is 1.63. The van der Waals surface area contributed by atoms with Gasteiger partial charge in [0.05, 0.1) is 13.2 Å². The van der Waals surface area contributed by atoms with Gasteiger partial charge in [-0.3, -0.25) is 4.79 Å². The minimum atomic E-state index is -0.491. The summed E-state index contributed by atoms with van der Waals surface area (Å²) in [5.74, 6) is -0.349. The summed E-state index contributed by atoms with van der Waals surface area (Å²) in [6.07, 6.45) is -1.38. The van der Waals surface area contributed by atoms with Gasteiger partial charge in [0.2, 0.25) is 0 Å². The fraction of sp³-hybridized carbons (Fsp3) is 0.500. The minimum Gasteiger partial charge on any atom is -0.454 e. The van der Waals surface area contributed by atoms with Crippen LogP contribution in [0.5, 0.6) is 0 Å². The Bertz CT molecular complexity index is 446. The molecule has 19 heavy (non-hydrogen) atoms. The van der Waals surface area contributed by atoms with E-state index in [1.165, 1.54) is 6.92 Å². The SMILES string of the molecule is CC(=O)O[C@H]1[C@@H]2OC[C@@H](O2)[C@@H]1OCc1ccccc1. The van der Waals surface area contributed by atoms with Crippen LogP contribution in [0.25, 0.3) is 0 Å². The van der Waals surface area contributed by atoms with Crippen LogP contribution in [-0.4, -0.2) is 37.2 Å². The Labute approximate surface area is 111 Å². The van der Waals surface area contributed by atoms with Crippen LogP contribution in [0.2, 0.25) is 0 Å². The summed E-state index contributed by atoms with van der Waals surface area (Å²) in [5, 5.41) is 0. The van der Waals surface area contributed by atoms with E-state index in [-0.39, 0.29) is 18.2 Å². The second-order valence-electron chi connectivity index (χ2n) is 4.71. The summed E-state index contributed by atoms with van der Waals surface area (Å²) in [7, 11) is 0. The third-order valence-corrected chi connectivity index (χ3v) is 3.28. The van der Waals surface area contributed by atoms with Crippen molar-refractivity contribution < 1.29 is 23.7 Å². The van der Waals surface area contributed by atoms with Crippen LogP contribution >= 0.6 is 0 Å². The molecule has 2 aliphatic rings. The molecule has 0 spiro atoms. The standard InChI is InChI=1S/C14H16O5/c1-9(15)18-13-12(11-8-17-14(13)19-11)16-7-10-5-3-2-4-6-10/h2-6,11-14H,7-8H2,1H3/t11-,12+,13-,14-/m1/s1. The molecule has 4 atom stereocenters. The number of benzene rings is 1. The van der Waals surface area contributed by atoms with Crippen molar-refractivity contribution in [2.45, 2.75) is 38.1 Å². The summed E-state index contributed by atoms with van der Waals surface area (Å²) >= 11 is 0. The molecule has 2 fully saturated rings. The number of ether oxygens (including phenoxy) is 4. The van der Waals surface area contributed by atoms with E-state index in [9.17, 15) is 4.79 Å². The van der Waals surface area contributed by atoms with Crippen molar-refractivity contribution in [1.82, 2.24) is 0 Å². The first kappa shape index (κ1) is 12.6. The predicted octanol–water partition coefficient (Wildman–Crippen LogP) is 1.26. The Morgan fingerprint density at radius 2 is 2.11 bits per heavy atom. The number of carbonyl (C=O) groups is 1. The van der Waals surface area contributed by atoms with Crippen LogP contribution < -0.4 is 0 Å². The fourth-order valence-corrected chi connectivity index (χ4v) is 2.43. The largest absolute Gasteiger partial charge is 0.454 e. The van der Waals surface area contributed by atoms with E-state index in [0.717, 1.165) is 5.56 Å². The number of hydrogen-bond donors (Lipinski definition) is 0. The molecule has 0 aliphatic carbocycles. The number of rotatable bonds is 4. The lowest BCUT2D eigenvalue weighted by Gasteiger charge is -2.27. The molecule has 0 radical (unpaired) electrons. The highest BCUT2D eigenvalue weighted by molar-refractivity contribution is 5.66. The number of esters is 1. The zero-order valence-electron chi connectivity index (χ0n) is 10.7. The molecule has 102 valence electrons. The first-order chi connectivity index (χ1) is 9.24. The molecule has 5 heteroatoms.